The van der Waals surface area contributed by atoms with Crippen LogP contribution in [0.2, 0.25) is 0 Å². The van der Waals surface area contributed by atoms with Crippen molar-refractivity contribution < 1.29 is 19.1 Å². The van der Waals surface area contributed by atoms with Gasteiger partial charge in [0.25, 0.3) is 0 Å². The molecule has 11 nitrogen and oxygen atoms in total. The first kappa shape index (κ1) is 22.8. The molecule has 1 amide bonds. The van der Waals surface area contributed by atoms with Crippen LogP contribution in [0, 0.1) is 0 Å². The second kappa shape index (κ2) is 12.1. The van der Waals surface area contributed by atoms with Crippen molar-refractivity contribution in [2.24, 2.45) is 12.2 Å². The van der Waals surface area contributed by atoms with E-state index in [0.29, 0.717) is 42.7 Å². The second-order valence-electron chi connectivity index (χ2n) is 6.53. The Bertz CT molecular complexity index is 1020. The Hall–Kier alpha value is -3.86. The molecule has 0 saturated carbocycles. The normalized spacial score (nSPS) is 11.2. The van der Waals surface area contributed by atoms with Crippen LogP contribution < -0.4 is 5.32 Å². The highest BCUT2D eigenvalue weighted by atomic mass is 16.6. The van der Waals surface area contributed by atoms with Gasteiger partial charge >= 0.3 is 6.09 Å². The summed E-state index contributed by atoms with van der Waals surface area (Å²) in [7, 11) is 1.72. The number of ether oxygens (including phenoxy) is 2. The molecule has 3 aromatic rings. The highest BCUT2D eigenvalue weighted by Gasteiger charge is 2.15. The topological polar surface area (TPSA) is 126 Å². The number of hydrogen-bond acceptors (Lipinski definition) is 9. The predicted octanol–water partition coefficient (Wildman–Crippen LogP) is 2.55. The van der Waals surface area contributed by atoms with Gasteiger partial charge in [-0.3, -0.25) is 5.32 Å². The molecule has 3 rings (SSSR count). The van der Waals surface area contributed by atoms with Crippen LogP contribution in [0.4, 0.5) is 10.6 Å². The number of tetrazole rings is 1. The van der Waals surface area contributed by atoms with Crippen LogP contribution in [0.5, 0.6) is 0 Å². The molecule has 0 unspecified atom stereocenters. The van der Waals surface area contributed by atoms with Crippen LogP contribution in [0.25, 0.3) is 0 Å². The molecular formula is C21H25N7O4. The Kier molecular flexibility index (Phi) is 8.63. The minimum absolute atomic E-state index is 0.0839. The highest BCUT2D eigenvalue weighted by Crippen LogP contribution is 2.10. The van der Waals surface area contributed by atoms with Crippen LogP contribution >= 0.6 is 0 Å². The number of anilines is 1. The maximum atomic E-state index is 11.9. The van der Waals surface area contributed by atoms with Gasteiger partial charge in [0.05, 0.1) is 12.3 Å². The molecular weight excluding hydrogens is 414 g/mol. The number of rotatable bonds is 11. The molecule has 0 aliphatic carbocycles. The molecule has 0 fully saturated rings. The van der Waals surface area contributed by atoms with Crippen molar-refractivity contribution in [2.75, 3.05) is 25.1 Å². The number of oxime groups is 1. The zero-order valence-electron chi connectivity index (χ0n) is 18.0. The third kappa shape index (κ3) is 6.84. The molecule has 0 spiro atoms. The van der Waals surface area contributed by atoms with Gasteiger partial charge in [-0.15, -0.1) is 5.10 Å². The summed E-state index contributed by atoms with van der Waals surface area (Å²) in [6.45, 7) is 3.45. The lowest BCUT2D eigenvalue weighted by atomic mass is 10.1. The van der Waals surface area contributed by atoms with Crippen LogP contribution in [-0.2, 0) is 28.0 Å². The van der Waals surface area contributed by atoms with E-state index in [1.54, 1.807) is 25.2 Å². The summed E-state index contributed by atoms with van der Waals surface area (Å²) in [5.41, 5.74) is 1.87. The fourth-order valence-corrected chi connectivity index (χ4v) is 2.65. The molecule has 1 aromatic carbocycles. The fourth-order valence-electron chi connectivity index (χ4n) is 2.65. The van der Waals surface area contributed by atoms with Gasteiger partial charge in [-0.05, 0) is 29.5 Å². The summed E-state index contributed by atoms with van der Waals surface area (Å²) < 4.78 is 11.8. The van der Waals surface area contributed by atoms with Crippen molar-refractivity contribution >= 4 is 17.6 Å². The lowest BCUT2D eigenvalue weighted by molar-refractivity contribution is 0.113. The van der Waals surface area contributed by atoms with Crippen LogP contribution in [-0.4, -0.2) is 56.8 Å². The fraction of sp³-hybridized carbons (Fsp3) is 0.333. The van der Waals surface area contributed by atoms with Crippen molar-refractivity contribution in [3.05, 3.63) is 65.6 Å². The summed E-state index contributed by atoms with van der Waals surface area (Å²) >= 11 is 0. The van der Waals surface area contributed by atoms with Crippen molar-refractivity contribution in [3.8, 4) is 0 Å². The second-order valence-corrected chi connectivity index (χ2v) is 6.53. The molecule has 168 valence electrons. The summed E-state index contributed by atoms with van der Waals surface area (Å²) in [4.78, 5) is 21.8. The van der Waals surface area contributed by atoms with Gasteiger partial charge in [-0.1, -0.05) is 41.6 Å². The monoisotopic (exact) mass is 439 g/mol. The average Bonchev–Trinajstić information content (AvgIpc) is 3.23. The van der Waals surface area contributed by atoms with E-state index in [2.05, 4.69) is 31.0 Å². The van der Waals surface area contributed by atoms with Crippen LogP contribution in [0.15, 0.2) is 53.7 Å². The van der Waals surface area contributed by atoms with Crippen molar-refractivity contribution in [2.45, 2.75) is 20.0 Å². The van der Waals surface area contributed by atoms with E-state index in [-0.39, 0.29) is 13.2 Å². The Labute approximate surface area is 185 Å². The molecule has 0 bridgehead atoms. The Morgan fingerprint density at radius 2 is 1.97 bits per heavy atom. The molecule has 0 saturated heterocycles. The molecule has 2 aromatic heterocycles. The summed E-state index contributed by atoms with van der Waals surface area (Å²) in [6.07, 6.45) is 0.0528. The molecule has 32 heavy (non-hydrogen) atoms. The Morgan fingerprint density at radius 3 is 2.72 bits per heavy atom. The number of aromatic nitrogens is 5. The van der Waals surface area contributed by atoms with Gasteiger partial charge in [0.2, 0.25) is 5.82 Å². The van der Waals surface area contributed by atoms with Gasteiger partial charge in [0.1, 0.15) is 5.82 Å². The number of carbonyl (C=O) groups is 1. The van der Waals surface area contributed by atoms with Gasteiger partial charge in [-0.25, -0.2) is 14.5 Å². The van der Waals surface area contributed by atoms with Crippen LogP contribution in [0.1, 0.15) is 30.4 Å². The van der Waals surface area contributed by atoms with E-state index >= 15 is 0 Å². The number of carbonyl (C=O) groups excluding carboxylic acids is 1. The van der Waals surface area contributed by atoms with E-state index < -0.39 is 6.09 Å². The molecule has 11 heteroatoms. The Balaban J connectivity index is 1.59. The summed E-state index contributed by atoms with van der Waals surface area (Å²) in [6, 6.07) is 14.6. The number of amides is 1. The zero-order valence-corrected chi connectivity index (χ0v) is 18.0. The van der Waals surface area contributed by atoms with E-state index in [0.717, 1.165) is 5.56 Å². The first-order valence-electron chi connectivity index (χ1n) is 10.1. The maximum absolute atomic E-state index is 11.9. The molecule has 1 N–H and O–H groups in total. The predicted molar refractivity (Wildman–Crippen MR) is 116 cm³/mol. The number of benzene rings is 1. The van der Waals surface area contributed by atoms with Crippen LogP contribution in [0.3, 0.4) is 0 Å². The number of nitrogens with zero attached hydrogens (tertiary/aromatic N) is 6. The van der Waals surface area contributed by atoms with Crippen molar-refractivity contribution in [3.63, 3.8) is 0 Å². The first-order valence-corrected chi connectivity index (χ1v) is 10.1. The quantitative estimate of drug-likeness (QED) is 0.274. The van der Waals surface area contributed by atoms with E-state index in [1.807, 2.05) is 37.3 Å². The molecule has 2 heterocycles. The average molecular weight is 439 g/mol. The standard InChI is InChI=1S/C21H25N7O4/c1-3-30-13-8-14-31-21(29)23-18-12-7-11-17(22-18)15-32-25-19(16-9-5-4-6-10-16)20-24-26-27-28(20)2/h4-7,9-12H,3,8,13-15H2,1-2H3,(H,22,23,29)/b25-19-. The third-order valence-corrected chi connectivity index (χ3v) is 4.15. The van der Waals surface area contributed by atoms with Gasteiger partial charge < -0.3 is 14.3 Å². The van der Waals surface area contributed by atoms with E-state index in [9.17, 15) is 4.79 Å². The molecule has 0 aliphatic rings. The van der Waals surface area contributed by atoms with Gasteiger partial charge in [0, 0.05) is 32.2 Å². The number of hydrogen-bond donors (Lipinski definition) is 1. The zero-order chi connectivity index (χ0) is 22.6. The van der Waals surface area contributed by atoms with E-state index in [1.165, 1.54) is 4.68 Å². The number of nitrogens with one attached hydrogen (secondary N) is 1. The minimum atomic E-state index is -0.578. The lowest BCUT2D eigenvalue weighted by Gasteiger charge is -2.08. The Morgan fingerprint density at radius 1 is 1.12 bits per heavy atom. The summed E-state index contributed by atoms with van der Waals surface area (Å²) in [5, 5.41) is 18.4. The van der Waals surface area contributed by atoms with Gasteiger partial charge in [-0.2, -0.15) is 0 Å². The third-order valence-electron chi connectivity index (χ3n) is 4.15. The van der Waals surface area contributed by atoms with Crippen molar-refractivity contribution in [1.82, 2.24) is 25.2 Å². The highest BCUT2D eigenvalue weighted by molar-refractivity contribution is 6.10. The SMILES string of the molecule is CCOCCCOC(=O)Nc1cccc(CO/N=C(/c2ccccc2)c2nnnn2C)n1. The maximum Gasteiger partial charge on any atom is 0.412 e. The molecule has 0 atom stereocenters. The molecule has 0 aliphatic heterocycles. The largest absolute Gasteiger partial charge is 0.449 e. The lowest BCUT2D eigenvalue weighted by Crippen LogP contribution is -2.16. The van der Waals surface area contributed by atoms with Crippen molar-refractivity contribution in [1.29, 1.82) is 0 Å². The smallest absolute Gasteiger partial charge is 0.412 e. The number of aryl methyl sites for hydroxylation is 1. The van der Waals surface area contributed by atoms with Gasteiger partial charge in [0.15, 0.2) is 12.3 Å². The molecule has 0 radical (unpaired) electrons. The summed E-state index contributed by atoms with van der Waals surface area (Å²) in [5.74, 6) is 0.817. The minimum Gasteiger partial charge on any atom is -0.449 e. The first-order chi connectivity index (χ1) is 15.7. The van der Waals surface area contributed by atoms with E-state index in [4.69, 9.17) is 14.3 Å². The number of pyridine rings is 1.